The summed E-state index contributed by atoms with van der Waals surface area (Å²) in [7, 11) is -1.65. The van der Waals surface area contributed by atoms with E-state index >= 15 is 0 Å². The van der Waals surface area contributed by atoms with Crippen LogP contribution in [0.2, 0.25) is 0 Å². The highest BCUT2D eigenvalue weighted by Crippen LogP contribution is 2.54. The number of rotatable bonds is 3. The molecule has 0 amide bonds. The van der Waals surface area contributed by atoms with Gasteiger partial charge in [0.05, 0.1) is 6.33 Å². The normalized spacial score (nSPS) is 26.3. The van der Waals surface area contributed by atoms with Crippen LogP contribution in [0.1, 0.15) is 39.5 Å². The van der Waals surface area contributed by atoms with Crippen LogP contribution >= 0.6 is 0 Å². The molecule has 2 heterocycles. The molecule has 0 bridgehead atoms. The molecule has 0 aromatic carbocycles. The Balaban J connectivity index is 1.91. The van der Waals surface area contributed by atoms with Crippen LogP contribution in [-0.4, -0.2) is 34.9 Å². The number of sulfonamides is 1. The molecule has 1 atom stereocenters. The van der Waals surface area contributed by atoms with Gasteiger partial charge < -0.3 is 4.57 Å². The van der Waals surface area contributed by atoms with Crippen molar-refractivity contribution >= 4 is 10.0 Å². The second-order valence-corrected chi connectivity index (χ2v) is 8.52. The number of hydrogen-bond acceptors (Lipinski definition) is 3. The van der Waals surface area contributed by atoms with Gasteiger partial charge in [-0.05, 0) is 18.8 Å². The Morgan fingerprint density at radius 1 is 1.35 bits per heavy atom. The zero-order valence-electron chi connectivity index (χ0n) is 12.4. The van der Waals surface area contributed by atoms with E-state index in [4.69, 9.17) is 0 Å². The first-order valence-corrected chi connectivity index (χ1v) is 8.81. The molecule has 2 aliphatic rings. The molecule has 3 rings (SSSR count). The van der Waals surface area contributed by atoms with Crippen LogP contribution in [0.4, 0.5) is 0 Å². The summed E-state index contributed by atoms with van der Waals surface area (Å²) in [5.41, 5.74) is 0.232. The van der Waals surface area contributed by atoms with Gasteiger partial charge >= 0.3 is 0 Å². The standard InChI is InChI=1S/C14H23N3O2S/c1-11(2)13-14(6-4-5-7-14)9-17(13)20(18,19)12-8-16(3)10-15-12/h8,10-11,13H,4-7,9H2,1-3H3. The lowest BCUT2D eigenvalue weighted by Crippen LogP contribution is -2.67. The lowest BCUT2D eigenvalue weighted by molar-refractivity contribution is -0.0339. The second kappa shape index (κ2) is 4.56. The van der Waals surface area contributed by atoms with Crippen LogP contribution in [0.15, 0.2) is 17.6 Å². The smallest absolute Gasteiger partial charge is 0.262 e. The number of aromatic nitrogens is 2. The highest BCUT2D eigenvalue weighted by atomic mass is 32.2. The van der Waals surface area contributed by atoms with E-state index in [0.29, 0.717) is 12.5 Å². The van der Waals surface area contributed by atoms with Crippen molar-refractivity contribution in [3.8, 4) is 0 Å². The van der Waals surface area contributed by atoms with E-state index in [9.17, 15) is 8.42 Å². The summed E-state index contributed by atoms with van der Waals surface area (Å²) in [4.78, 5) is 4.03. The fourth-order valence-corrected chi connectivity index (χ4v) is 6.06. The van der Waals surface area contributed by atoms with E-state index in [2.05, 4.69) is 18.8 Å². The number of aryl methyl sites for hydroxylation is 1. The fraction of sp³-hybridized carbons (Fsp3) is 0.786. The van der Waals surface area contributed by atoms with Crippen molar-refractivity contribution in [2.45, 2.75) is 50.6 Å². The topological polar surface area (TPSA) is 55.2 Å². The van der Waals surface area contributed by atoms with Crippen molar-refractivity contribution < 1.29 is 8.42 Å². The SMILES string of the molecule is CC(C)C1N(S(=O)(=O)c2cn(C)cn2)CC12CCCC2. The minimum Gasteiger partial charge on any atom is -0.339 e. The molecule has 1 saturated heterocycles. The molecule has 1 aliphatic carbocycles. The molecule has 20 heavy (non-hydrogen) atoms. The molecule has 2 fully saturated rings. The zero-order chi connectivity index (χ0) is 14.5. The Morgan fingerprint density at radius 2 is 2.00 bits per heavy atom. The monoisotopic (exact) mass is 297 g/mol. The maximum atomic E-state index is 12.7. The van der Waals surface area contributed by atoms with Crippen molar-refractivity contribution in [1.29, 1.82) is 0 Å². The maximum absolute atomic E-state index is 12.7. The molecule has 1 spiro atoms. The number of nitrogens with zero attached hydrogens (tertiary/aromatic N) is 3. The van der Waals surface area contributed by atoms with Gasteiger partial charge in [-0.3, -0.25) is 0 Å². The highest BCUT2D eigenvalue weighted by Gasteiger charge is 2.58. The molecule has 112 valence electrons. The van der Waals surface area contributed by atoms with E-state index in [-0.39, 0.29) is 16.5 Å². The molecular formula is C14H23N3O2S. The average molecular weight is 297 g/mol. The molecule has 5 nitrogen and oxygen atoms in total. The molecule has 0 radical (unpaired) electrons. The van der Waals surface area contributed by atoms with E-state index in [1.54, 1.807) is 28.4 Å². The summed E-state index contributed by atoms with van der Waals surface area (Å²) in [6, 6.07) is 0.136. The van der Waals surface area contributed by atoms with E-state index < -0.39 is 10.0 Å². The van der Waals surface area contributed by atoms with E-state index in [1.165, 1.54) is 25.7 Å². The lowest BCUT2D eigenvalue weighted by Gasteiger charge is -2.56. The summed E-state index contributed by atoms with van der Waals surface area (Å²) in [6.07, 6.45) is 7.95. The second-order valence-electron chi connectivity index (χ2n) is 6.69. The van der Waals surface area contributed by atoms with Gasteiger partial charge in [-0.15, -0.1) is 0 Å². The van der Waals surface area contributed by atoms with Gasteiger partial charge in [0.1, 0.15) is 0 Å². The Kier molecular flexibility index (Phi) is 3.21. The Bertz CT molecular complexity index is 600. The summed E-state index contributed by atoms with van der Waals surface area (Å²) in [6.45, 7) is 4.93. The van der Waals surface area contributed by atoms with Crippen LogP contribution in [0.3, 0.4) is 0 Å². The van der Waals surface area contributed by atoms with Gasteiger partial charge in [-0.25, -0.2) is 13.4 Å². The van der Waals surface area contributed by atoms with E-state index in [0.717, 1.165) is 0 Å². The van der Waals surface area contributed by atoms with Crippen molar-refractivity contribution in [2.24, 2.45) is 18.4 Å². The average Bonchev–Trinajstić information content (AvgIpc) is 2.94. The lowest BCUT2D eigenvalue weighted by atomic mass is 9.68. The summed E-state index contributed by atoms with van der Waals surface area (Å²) < 4.78 is 28.8. The van der Waals surface area contributed by atoms with Crippen molar-refractivity contribution in [2.75, 3.05) is 6.54 Å². The van der Waals surface area contributed by atoms with Crippen molar-refractivity contribution in [3.05, 3.63) is 12.5 Å². The minimum absolute atomic E-state index is 0.136. The Hall–Kier alpha value is -0.880. The van der Waals surface area contributed by atoms with Gasteiger partial charge in [0.2, 0.25) is 0 Å². The molecule has 6 heteroatoms. The molecule has 1 unspecified atom stereocenters. The van der Waals surface area contributed by atoms with Crippen LogP contribution in [0.25, 0.3) is 0 Å². The molecule has 1 aromatic heterocycles. The first kappa shape index (κ1) is 14.1. The van der Waals surface area contributed by atoms with Crippen molar-refractivity contribution in [1.82, 2.24) is 13.9 Å². The fourth-order valence-electron chi connectivity index (χ4n) is 4.14. The van der Waals surface area contributed by atoms with Gasteiger partial charge in [0, 0.05) is 31.2 Å². The largest absolute Gasteiger partial charge is 0.339 e. The van der Waals surface area contributed by atoms with Crippen LogP contribution in [0, 0.1) is 11.3 Å². The third-order valence-electron chi connectivity index (χ3n) is 4.89. The maximum Gasteiger partial charge on any atom is 0.262 e. The Labute approximate surface area is 121 Å². The number of hydrogen-bond donors (Lipinski definition) is 0. The molecule has 1 aromatic rings. The highest BCUT2D eigenvalue weighted by molar-refractivity contribution is 7.89. The number of imidazole rings is 1. The molecule has 0 N–H and O–H groups in total. The molecule has 1 aliphatic heterocycles. The summed E-state index contributed by atoms with van der Waals surface area (Å²) >= 11 is 0. The quantitative estimate of drug-likeness (QED) is 0.857. The predicted octanol–water partition coefficient (Wildman–Crippen LogP) is 2.01. The van der Waals surface area contributed by atoms with Gasteiger partial charge in [-0.2, -0.15) is 4.31 Å². The van der Waals surface area contributed by atoms with E-state index in [1.807, 2.05) is 0 Å². The third-order valence-corrected chi connectivity index (χ3v) is 6.61. The minimum atomic E-state index is -3.44. The summed E-state index contributed by atoms with van der Waals surface area (Å²) in [5, 5.41) is 0.179. The first-order chi connectivity index (χ1) is 9.37. The first-order valence-electron chi connectivity index (χ1n) is 7.37. The van der Waals surface area contributed by atoms with Gasteiger partial charge in [0.25, 0.3) is 10.0 Å². The summed E-state index contributed by atoms with van der Waals surface area (Å²) in [5.74, 6) is 0.348. The molecular weight excluding hydrogens is 274 g/mol. The van der Waals surface area contributed by atoms with Gasteiger partial charge in [-0.1, -0.05) is 26.7 Å². The van der Waals surface area contributed by atoms with Crippen LogP contribution in [0.5, 0.6) is 0 Å². The zero-order valence-corrected chi connectivity index (χ0v) is 13.2. The van der Waals surface area contributed by atoms with Crippen LogP contribution in [-0.2, 0) is 17.1 Å². The van der Waals surface area contributed by atoms with Crippen LogP contribution < -0.4 is 0 Å². The predicted molar refractivity (Wildman–Crippen MR) is 76.6 cm³/mol. The Morgan fingerprint density at radius 3 is 2.50 bits per heavy atom. The van der Waals surface area contributed by atoms with Gasteiger partial charge in [0.15, 0.2) is 5.03 Å². The molecule has 1 saturated carbocycles. The van der Waals surface area contributed by atoms with Crippen molar-refractivity contribution in [3.63, 3.8) is 0 Å². The third kappa shape index (κ3) is 1.92.